The quantitative estimate of drug-likeness (QED) is 0.247. The lowest BCUT2D eigenvalue weighted by Gasteiger charge is -2.22. The zero-order chi connectivity index (χ0) is 21.0. The van der Waals surface area contributed by atoms with E-state index in [9.17, 15) is 0 Å². The van der Waals surface area contributed by atoms with Gasteiger partial charge in [0, 0.05) is 15.6 Å². The molecule has 168 valence electrons. The van der Waals surface area contributed by atoms with Crippen molar-refractivity contribution in [2.24, 2.45) is 5.92 Å². The summed E-state index contributed by atoms with van der Waals surface area (Å²) in [6.07, 6.45) is 25.7. The number of unbranched alkanes of at least 4 members (excludes halogenated alkanes) is 13. The van der Waals surface area contributed by atoms with Gasteiger partial charge in [0.15, 0.2) is 0 Å². The molecule has 30 heavy (non-hydrogen) atoms. The number of benzene rings is 1. The fourth-order valence-electron chi connectivity index (χ4n) is 5.35. The van der Waals surface area contributed by atoms with Gasteiger partial charge in [-0.3, -0.25) is 0 Å². The number of aromatic amines is 1. The van der Waals surface area contributed by atoms with E-state index in [1.165, 1.54) is 137 Å². The van der Waals surface area contributed by atoms with E-state index in [0.717, 1.165) is 5.92 Å². The lowest BCUT2D eigenvalue weighted by Crippen LogP contribution is -2.13. The summed E-state index contributed by atoms with van der Waals surface area (Å²) in [5.41, 5.74) is 4.40. The van der Waals surface area contributed by atoms with Crippen LogP contribution >= 0.6 is 15.9 Å². The summed E-state index contributed by atoms with van der Waals surface area (Å²) >= 11 is 3.71. The third-order valence-corrected chi connectivity index (χ3v) is 7.90. The summed E-state index contributed by atoms with van der Waals surface area (Å²) in [5, 5.41) is 1.45. The molecule has 0 amide bonds. The minimum atomic E-state index is 0.896. The van der Waals surface area contributed by atoms with Crippen LogP contribution in [0.2, 0.25) is 0 Å². The molecular formula is C28H44BrN. The van der Waals surface area contributed by atoms with Crippen molar-refractivity contribution >= 4 is 26.8 Å². The molecule has 0 spiro atoms. The van der Waals surface area contributed by atoms with Gasteiger partial charge < -0.3 is 4.98 Å². The second-order valence-electron chi connectivity index (χ2n) is 9.74. The molecule has 0 aliphatic heterocycles. The smallest absolute Gasteiger partial charge is 0.0603 e. The van der Waals surface area contributed by atoms with Crippen molar-refractivity contribution in [2.75, 3.05) is 0 Å². The molecule has 1 aromatic heterocycles. The predicted octanol–water partition coefficient (Wildman–Crippen LogP) is 9.91. The fourth-order valence-corrected chi connectivity index (χ4v) is 5.82. The fraction of sp³-hybridized carbons (Fsp3) is 0.714. The van der Waals surface area contributed by atoms with E-state index in [-0.39, 0.29) is 0 Å². The van der Waals surface area contributed by atoms with E-state index in [1.807, 2.05) is 0 Å². The van der Waals surface area contributed by atoms with E-state index in [0.29, 0.717) is 0 Å². The molecule has 1 unspecified atom stereocenters. The first-order chi connectivity index (χ1) is 14.8. The van der Waals surface area contributed by atoms with Crippen molar-refractivity contribution in [3.8, 4) is 0 Å². The first kappa shape index (κ1) is 23.9. The minimum Gasteiger partial charge on any atom is -0.357 e. The number of para-hydroxylation sites is 1. The third-order valence-electron chi connectivity index (χ3n) is 7.24. The Morgan fingerprint density at radius 3 is 2.07 bits per heavy atom. The van der Waals surface area contributed by atoms with Crippen molar-refractivity contribution in [1.29, 1.82) is 0 Å². The summed E-state index contributed by atoms with van der Waals surface area (Å²) < 4.78 is 1.21. The van der Waals surface area contributed by atoms with Crippen LogP contribution in [-0.4, -0.2) is 4.98 Å². The maximum Gasteiger partial charge on any atom is 0.0603 e. The van der Waals surface area contributed by atoms with Crippen LogP contribution in [0.3, 0.4) is 0 Å². The van der Waals surface area contributed by atoms with Gasteiger partial charge in [-0.25, -0.2) is 0 Å². The lowest BCUT2D eigenvalue weighted by atomic mass is 9.83. The highest BCUT2D eigenvalue weighted by atomic mass is 79.9. The first-order valence-corrected chi connectivity index (χ1v) is 13.9. The number of aryl methyl sites for hydroxylation is 1. The molecule has 0 bridgehead atoms. The maximum absolute atomic E-state index is 3.71. The number of H-pyrrole nitrogens is 1. The van der Waals surface area contributed by atoms with Gasteiger partial charge in [0.1, 0.15) is 0 Å². The Kier molecular flexibility index (Phi) is 10.8. The van der Waals surface area contributed by atoms with E-state index in [4.69, 9.17) is 0 Å². The van der Waals surface area contributed by atoms with Crippen LogP contribution in [-0.2, 0) is 12.8 Å². The highest BCUT2D eigenvalue weighted by molar-refractivity contribution is 9.10. The highest BCUT2D eigenvalue weighted by Crippen LogP contribution is 2.36. The van der Waals surface area contributed by atoms with Crippen molar-refractivity contribution in [2.45, 2.75) is 122 Å². The number of rotatable bonds is 15. The number of aromatic nitrogens is 1. The van der Waals surface area contributed by atoms with Crippen LogP contribution in [0.4, 0.5) is 0 Å². The Morgan fingerprint density at radius 1 is 0.833 bits per heavy atom. The molecule has 1 aromatic carbocycles. The van der Waals surface area contributed by atoms with Gasteiger partial charge in [-0.05, 0) is 52.7 Å². The van der Waals surface area contributed by atoms with Gasteiger partial charge in [-0.1, -0.05) is 115 Å². The highest BCUT2D eigenvalue weighted by Gasteiger charge is 2.22. The van der Waals surface area contributed by atoms with Gasteiger partial charge in [-0.15, -0.1) is 0 Å². The summed E-state index contributed by atoms with van der Waals surface area (Å²) in [4.78, 5) is 3.68. The van der Waals surface area contributed by atoms with Gasteiger partial charge in [-0.2, -0.15) is 0 Å². The van der Waals surface area contributed by atoms with E-state index in [1.54, 1.807) is 5.56 Å². The van der Waals surface area contributed by atoms with Crippen LogP contribution in [0.1, 0.15) is 121 Å². The first-order valence-electron chi connectivity index (χ1n) is 13.1. The van der Waals surface area contributed by atoms with Gasteiger partial charge in [0.2, 0.25) is 0 Å². The molecule has 1 nitrogen and oxygen atoms in total. The van der Waals surface area contributed by atoms with Crippen molar-refractivity contribution < 1.29 is 0 Å². The van der Waals surface area contributed by atoms with Crippen LogP contribution < -0.4 is 0 Å². The van der Waals surface area contributed by atoms with Gasteiger partial charge in [0.25, 0.3) is 0 Å². The molecule has 1 aliphatic carbocycles. The van der Waals surface area contributed by atoms with Crippen LogP contribution in [0, 0.1) is 5.92 Å². The third kappa shape index (κ3) is 7.43. The van der Waals surface area contributed by atoms with Gasteiger partial charge >= 0.3 is 0 Å². The van der Waals surface area contributed by atoms with E-state index in [2.05, 4.69) is 46.0 Å². The van der Waals surface area contributed by atoms with Gasteiger partial charge in [0.05, 0.1) is 5.52 Å². The maximum atomic E-state index is 3.71. The molecule has 1 heterocycles. The molecule has 2 aromatic rings. The monoisotopic (exact) mass is 473 g/mol. The molecular weight excluding hydrogens is 430 g/mol. The normalized spacial score (nSPS) is 16.3. The number of nitrogens with one attached hydrogen (secondary N) is 1. The number of hydrogen-bond acceptors (Lipinski definition) is 0. The molecule has 0 saturated heterocycles. The Balaban J connectivity index is 1.20. The molecule has 0 fully saturated rings. The largest absolute Gasteiger partial charge is 0.357 e. The Morgan fingerprint density at radius 2 is 1.43 bits per heavy atom. The molecule has 1 N–H and O–H groups in total. The zero-order valence-electron chi connectivity index (χ0n) is 19.4. The Bertz CT molecular complexity index is 732. The van der Waals surface area contributed by atoms with Crippen molar-refractivity contribution in [1.82, 2.24) is 4.98 Å². The van der Waals surface area contributed by atoms with Crippen LogP contribution in [0.5, 0.6) is 0 Å². The van der Waals surface area contributed by atoms with Crippen molar-refractivity contribution in [3.63, 3.8) is 0 Å². The molecule has 0 saturated carbocycles. The van der Waals surface area contributed by atoms with E-state index < -0.39 is 0 Å². The minimum absolute atomic E-state index is 0.896. The summed E-state index contributed by atoms with van der Waals surface area (Å²) in [5.74, 6) is 0.896. The molecule has 3 rings (SSSR count). The molecule has 1 aliphatic rings. The Labute approximate surface area is 193 Å². The van der Waals surface area contributed by atoms with Crippen LogP contribution in [0.25, 0.3) is 10.9 Å². The SMILES string of the molecule is CCCCCCCCCCCCCCCCC1CCc2[nH]c3c(Br)cccc3c2C1. The topological polar surface area (TPSA) is 15.8 Å². The molecule has 2 heteroatoms. The standard InChI is InChI=1S/C28H44BrN/c1-2-3-4-5-6-7-8-9-10-11-12-13-14-15-17-23-20-21-27-25(22-23)24-18-16-19-26(29)28(24)30-27/h16,18-19,23,30H,2-15,17,20-22H2,1H3. The lowest BCUT2D eigenvalue weighted by molar-refractivity contribution is 0.403. The van der Waals surface area contributed by atoms with E-state index >= 15 is 0 Å². The summed E-state index contributed by atoms with van der Waals surface area (Å²) in [7, 11) is 0. The van der Waals surface area contributed by atoms with Crippen LogP contribution in [0.15, 0.2) is 22.7 Å². The summed E-state index contributed by atoms with van der Waals surface area (Å²) in [6.45, 7) is 2.30. The average Bonchev–Trinajstić information content (AvgIpc) is 3.13. The zero-order valence-corrected chi connectivity index (χ0v) is 21.0. The molecule has 1 atom stereocenters. The average molecular weight is 475 g/mol. The second kappa shape index (κ2) is 13.6. The molecule has 0 radical (unpaired) electrons. The number of hydrogen-bond donors (Lipinski definition) is 1. The number of fused-ring (bicyclic) bond motifs is 3. The summed E-state index contributed by atoms with van der Waals surface area (Å²) in [6, 6.07) is 6.62. The number of halogens is 1. The predicted molar refractivity (Wildman–Crippen MR) is 136 cm³/mol. The van der Waals surface area contributed by atoms with Crippen molar-refractivity contribution in [3.05, 3.63) is 33.9 Å². The Hall–Kier alpha value is -0.760. The second-order valence-corrected chi connectivity index (χ2v) is 10.6.